The average Bonchev–Trinajstić information content (AvgIpc) is 2.18. The highest BCUT2D eigenvalue weighted by Crippen LogP contribution is 2.33. The molecule has 0 aliphatic carbocycles. The second-order valence-electron chi connectivity index (χ2n) is 2.79. The van der Waals surface area contributed by atoms with Crippen molar-refractivity contribution >= 4 is 45.2 Å². The maximum absolute atomic E-state index is 10.2. The van der Waals surface area contributed by atoms with Gasteiger partial charge in [0.1, 0.15) is 19.0 Å². The van der Waals surface area contributed by atoms with Crippen molar-refractivity contribution in [1.29, 1.82) is 0 Å². The molecular weight excluding hydrogens is 315 g/mol. The Kier molecular flexibility index (Phi) is 5.30. The molecule has 0 atom stereocenters. The SMILES string of the molecule is O=S(=O)(O)OCCOc1cc(Cl)c(Cl)cc1Cl. The average molecular weight is 322 g/mol. The van der Waals surface area contributed by atoms with Gasteiger partial charge in [0.15, 0.2) is 0 Å². The number of hydrogen-bond donors (Lipinski definition) is 1. The molecule has 0 aliphatic heterocycles. The lowest BCUT2D eigenvalue weighted by Gasteiger charge is -2.08. The molecular formula is C8H7Cl3O5S. The van der Waals surface area contributed by atoms with Crippen molar-refractivity contribution in [3.05, 3.63) is 27.2 Å². The van der Waals surface area contributed by atoms with Gasteiger partial charge in [0.2, 0.25) is 0 Å². The molecule has 1 rings (SSSR count). The van der Waals surface area contributed by atoms with Crippen LogP contribution in [0.25, 0.3) is 0 Å². The van der Waals surface area contributed by atoms with Gasteiger partial charge < -0.3 is 4.74 Å². The Balaban J connectivity index is 2.55. The fourth-order valence-corrected chi connectivity index (χ4v) is 1.78. The highest BCUT2D eigenvalue weighted by atomic mass is 35.5. The third-order valence-electron chi connectivity index (χ3n) is 1.55. The number of ether oxygens (including phenoxy) is 1. The lowest BCUT2D eigenvalue weighted by molar-refractivity contribution is 0.202. The van der Waals surface area contributed by atoms with E-state index < -0.39 is 10.4 Å². The molecule has 0 saturated carbocycles. The highest BCUT2D eigenvalue weighted by molar-refractivity contribution is 7.80. The first kappa shape index (κ1) is 14.8. The summed E-state index contributed by atoms with van der Waals surface area (Å²) in [5.74, 6) is 0.236. The topological polar surface area (TPSA) is 72.8 Å². The summed E-state index contributed by atoms with van der Waals surface area (Å²) in [7, 11) is -4.46. The van der Waals surface area contributed by atoms with E-state index >= 15 is 0 Å². The minimum absolute atomic E-state index is 0.128. The molecule has 0 amide bonds. The van der Waals surface area contributed by atoms with E-state index in [1.54, 1.807) is 0 Å². The molecule has 0 radical (unpaired) electrons. The molecule has 9 heteroatoms. The third kappa shape index (κ3) is 5.29. The van der Waals surface area contributed by atoms with Crippen LogP contribution < -0.4 is 4.74 Å². The van der Waals surface area contributed by atoms with Gasteiger partial charge in [-0.1, -0.05) is 34.8 Å². The predicted molar refractivity (Wildman–Crippen MR) is 64.5 cm³/mol. The molecule has 0 saturated heterocycles. The molecule has 0 aromatic heterocycles. The summed E-state index contributed by atoms with van der Waals surface area (Å²) in [6.45, 7) is -0.479. The molecule has 1 N–H and O–H groups in total. The monoisotopic (exact) mass is 320 g/mol. The molecule has 0 aliphatic rings. The van der Waals surface area contributed by atoms with Crippen LogP contribution in [0.4, 0.5) is 0 Å². The molecule has 1 aromatic carbocycles. The summed E-state index contributed by atoms with van der Waals surface area (Å²) in [4.78, 5) is 0. The minimum atomic E-state index is -4.46. The molecule has 0 unspecified atom stereocenters. The van der Waals surface area contributed by atoms with Crippen molar-refractivity contribution in [2.75, 3.05) is 13.2 Å². The Bertz CT molecular complexity index is 502. The van der Waals surface area contributed by atoms with Crippen LogP contribution in [0.2, 0.25) is 15.1 Å². The minimum Gasteiger partial charge on any atom is -0.490 e. The van der Waals surface area contributed by atoms with Gasteiger partial charge in [-0.05, 0) is 6.07 Å². The number of rotatable bonds is 5. The van der Waals surface area contributed by atoms with Crippen molar-refractivity contribution in [3.8, 4) is 5.75 Å². The summed E-state index contributed by atoms with van der Waals surface area (Å²) in [6, 6.07) is 2.78. The Labute approximate surface area is 113 Å². The normalized spacial score (nSPS) is 11.5. The van der Waals surface area contributed by atoms with E-state index in [0.29, 0.717) is 0 Å². The summed E-state index contributed by atoms with van der Waals surface area (Å²) in [5.41, 5.74) is 0. The lowest BCUT2D eigenvalue weighted by atomic mass is 10.3. The van der Waals surface area contributed by atoms with Crippen LogP contribution in [-0.2, 0) is 14.6 Å². The van der Waals surface area contributed by atoms with Gasteiger partial charge in [-0.25, -0.2) is 4.18 Å². The van der Waals surface area contributed by atoms with Crippen LogP contribution >= 0.6 is 34.8 Å². The van der Waals surface area contributed by atoms with Gasteiger partial charge >= 0.3 is 10.4 Å². The van der Waals surface area contributed by atoms with E-state index in [2.05, 4.69) is 4.18 Å². The molecule has 0 fully saturated rings. The summed E-state index contributed by atoms with van der Waals surface area (Å²) in [5, 5.41) is 0.756. The number of benzene rings is 1. The van der Waals surface area contributed by atoms with Gasteiger partial charge in [-0.3, -0.25) is 4.55 Å². The molecule has 0 spiro atoms. The van der Waals surface area contributed by atoms with E-state index in [4.69, 9.17) is 44.1 Å². The van der Waals surface area contributed by atoms with Crippen LogP contribution in [0.5, 0.6) is 5.75 Å². The summed E-state index contributed by atoms with van der Waals surface area (Å²) < 4.78 is 37.9. The smallest absolute Gasteiger partial charge is 0.397 e. The van der Waals surface area contributed by atoms with E-state index in [-0.39, 0.29) is 34.0 Å². The molecule has 96 valence electrons. The Morgan fingerprint density at radius 1 is 1.06 bits per heavy atom. The second kappa shape index (κ2) is 6.08. The van der Waals surface area contributed by atoms with Gasteiger partial charge in [0.25, 0.3) is 0 Å². The van der Waals surface area contributed by atoms with Gasteiger partial charge in [0.05, 0.1) is 15.1 Å². The van der Waals surface area contributed by atoms with Crippen LogP contribution in [0.1, 0.15) is 0 Å². The third-order valence-corrected chi connectivity index (χ3v) is 3.03. The van der Waals surface area contributed by atoms with Gasteiger partial charge in [-0.15, -0.1) is 0 Å². The molecule has 0 heterocycles. The highest BCUT2D eigenvalue weighted by Gasteiger charge is 2.08. The van der Waals surface area contributed by atoms with Crippen LogP contribution in [-0.4, -0.2) is 26.2 Å². The molecule has 5 nitrogen and oxygen atoms in total. The Morgan fingerprint density at radius 3 is 2.24 bits per heavy atom. The maximum Gasteiger partial charge on any atom is 0.397 e. The molecule has 17 heavy (non-hydrogen) atoms. The van der Waals surface area contributed by atoms with Crippen LogP contribution in [0, 0.1) is 0 Å². The van der Waals surface area contributed by atoms with Gasteiger partial charge in [0, 0.05) is 6.07 Å². The van der Waals surface area contributed by atoms with E-state index in [1.165, 1.54) is 12.1 Å². The summed E-state index contributed by atoms with van der Waals surface area (Å²) in [6.07, 6.45) is 0. The van der Waals surface area contributed by atoms with E-state index in [9.17, 15) is 8.42 Å². The second-order valence-corrected chi connectivity index (χ2v) is 5.11. The first-order valence-corrected chi connectivity index (χ1v) is 6.68. The molecule has 1 aromatic rings. The Hall–Kier alpha value is -0.240. The summed E-state index contributed by atoms with van der Waals surface area (Å²) >= 11 is 17.2. The number of hydrogen-bond acceptors (Lipinski definition) is 4. The predicted octanol–water partition coefficient (Wildman–Crippen LogP) is 2.85. The fraction of sp³-hybridized carbons (Fsp3) is 0.250. The molecule has 0 bridgehead atoms. The maximum atomic E-state index is 10.2. The van der Waals surface area contributed by atoms with E-state index in [0.717, 1.165) is 0 Å². The fourth-order valence-electron chi connectivity index (χ4n) is 0.906. The van der Waals surface area contributed by atoms with Gasteiger partial charge in [-0.2, -0.15) is 8.42 Å². The zero-order valence-electron chi connectivity index (χ0n) is 8.19. The zero-order valence-corrected chi connectivity index (χ0v) is 11.3. The first-order chi connectivity index (χ1) is 7.79. The lowest BCUT2D eigenvalue weighted by Crippen LogP contribution is -2.11. The number of halogens is 3. The first-order valence-electron chi connectivity index (χ1n) is 4.19. The van der Waals surface area contributed by atoms with Crippen molar-refractivity contribution in [2.24, 2.45) is 0 Å². The van der Waals surface area contributed by atoms with Crippen molar-refractivity contribution in [1.82, 2.24) is 0 Å². The standard InChI is InChI=1S/C8H7Cl3O5S/c9-5-3-7(11)8(4-6(5)10)15-1-2-16-17(12,13)14/h3-4H,1-2H2,(H,12,13,14). The van der Waals surface area contributed by atoms with Crippen LogP contribution in [0.3, 0.4) is 0 Å². The van der Waals surface area contributed by atoms with Crippen molar-refractivity contribution in [2.45, 2.75) is 0 Å². The zero-order chi connectivity index (χ0) is 13.1. The van der Waals surface area contributed by atoms with Crippen molar-refractivity contribution in [3.63, 3.8) is 0 Å². The van der Waals surface area contributed by atoms with E-state index in [1.807, 2.05) is 0 Å². The van der Waals surface area contributed by atoms with Crippen molar-refractivity contribution < 1.29 is 21.9 Å². The largest absolute Gasteiger partial charge is 0.490 e. The van der Waals surface area contributed by atoms with Crippen LogP contribution in [0.15, 0.2) is 12.1 Å². The Morgan fingerprint density at radius 2 is 1.65 bits per heavy atom. The quantitative estimate of drug-likeness (QED) is 0.513.